The van der Waals surface area contributed by atoms with Crippen LogP contribution in [0.4, 0.5) is 0 Å². The zero-order chi connectivity index (χ0) is 23.2. The monoisotopic (exact) mass is 434 g/mol. The topological polar surface area (TPSA) is 38.9 Å². The first-order valence-corrected chi connectivity index (χ1v) is 11.8. The second-order valence-corrected chi connectivity index (χ2v) is 9.30. The minimum atomic E-state index is 0.140. The molecule has 3 nitrogen and oxygen atoms in total. The third-order valence-electron chi connectivity index (χ3n) is 7.39. The summed E-state index contributed by atoms with van der Waals surface area (Å²) in [5.41, 5.74) is 9.48. The maximum atomic E-state index is 6.41. The van der Waals surface area contributed by atoms with Crippen LogP contribution in [0.3, 0.4) is 0 Å². The van der Waals surface area contributed by atoms with Crippen molar-refractivity contribution < 1.29 is 4.42 Å². The zero-order valence-corrected chi connectivity index (χ0v) is 20.1. The number of nitrogens with zero attached hydrogens (tertiary/aromatic N) is 2. The summed E-state index contributed by atoms with van der Waals surface area (Å²) in [7, 11) is 0. The van der Waals surface area contributed by atoms with E-state index in [-0.39, 0.29) is 5.41 Å². The van der Waals surface area contributed by atoms with Crippen LogP contribution in [-0.2, 0) is 5.41 Å². The molecule has 3 heteroatoms. The zero-order valence-electron chi connectivity index (χ0n) is 20.1. The number of aryl methyl sites for hydroxylation is 2. The van der Waals surface area contributed by atoms with Gasteiger partial charge in [-0.05, 0) is 79.1 Å². The summed E-state index contributed by atoms with van der Waals surface area (Å²) < 4.78 is 6.41. The molecule has 0 N–H and O–H groups in total. The molecular formula is C30H30N2O. The minimum Gasteiger partial charge on any atom is -0.437 e. The molecule has 3 heterocycles. The molecule has 0 bridgehead atoms. The van der Waals surface area contributed by atoms with Crippen LogP contribution in [0.5, 0.6) is 0 Å². The van der Waals surface area contributed by atoms with Gasteiger partial charge in [-0.3, -0.25) is 4.98 Å². The van der Waals surface area contributed by atoms with Crippen LogP contribution >= 0.6 is 0 Å². The molecule has 33 heavy (non-hydrogen) atoms. The van der Waals surface area contributed by atoms with E-state index in [1.807, 2.05) is 6.20 Å². The van der Waals surface area contributed by atoms with Crippen molar-refractivity contribution in [3.63, 3.8) is 0 Å². The van der Waals surface area contributed by atoms with Gasteiger partial charge < -0.3 is 4.42 Å². The second kappa shape index (κ2) is 8.15. The molecular weight excluding hydrogens is 404 g/mol. The van der Waals surface area contributed by atoms with E-state index in [0.29, 0.717) is 5.71 Å². The van der Waals surface area contributed by atoms with Crippen LogP contribution in [0.25, 0.3) is 44.6 Å². The average molecular weight is 435 g/mol. The van der Waals surface area contributed by atoms with Crippen molar-refractivity contribution in [1.82, 2.24) is 9.97 Å². The highest BCUT2D eigenvalue weighted by molar-refractivity contribution is 6.08. The van der Waals surface area contributed by atoms with E-state index in [9.17, 15) is 0 Å². The maximum absolute atomic E-state index is 6.41. The first-order chi connectivity index (χ1) is 15.9. The molecule has 0 aliphatic rings. The average Bonchev–Trinajstić information content (AvgIpc) is 3.21. The Balaban J connectivity index is 1.68. The number of furan rings is 1. The molecule has 0 unspecified atom stereocenters. The van der Waals surface area contributed by atoms with Gasteiger partial charge in [0.25, 0.3) is 0 Å². The summed E-state index contributed by atoms with van der Waals surface area (Å²) in [6.07, 6.45) is 4.10. The van der Waals surface area contributed by atoms with Gasteiger partial charge in [-0.25, -0.2) is 4.98 Å². The van der Waals surface area contributed by atoms with Crippen LogP contribution in [-0.4, -0.2) is 9.97 Å². The SMILES string of the molecule is CCC(C)(CC)c1ccnc(-c2cccc3c2oc2nc(-c4c(C)cccc4C)ccc23)c1. The summed E-state index contributed by atoms with van der Waals surface area (Å²) in [4.78, 5) is 9.66. The Kier molecular flexibility index (Phi) is 5.28. The largest absolute Gasteiger partial charge is 0.437 e. The van der Waals surface area contributed by atoms with Crippen LogP contribution in [0.2, 0.25) is 0 Å². The number of rotatable bonds is 5. The lowest BCUT2D eigenvalue weighted by molar-refractivity contribution is 0.438. The molecule has 5 rings (SSSR count). The smallest absolute Gasteiger partial charge is 0.227 e. The van der Waals surface area contributed by atoms with Crippen molar-refractivity contribution in [2.24, 2.45) is 0 Å². The Labute approximate surface area is 195 Å². The highest BCUT2D eigenvalue weighted by Crippen LogP contribution is 2.38. The fraction of sp³-hybridized carbons (Fsp3) is 0.267. The van der Waals surface area contributed by atoms with Crippen molar-refractivity contribution in [2.75, 3.05) is 0 Å². The summed E-state index contributed by atoms with van der Waals surface area (Å²) in [5.74, 6) is 0. The number of benzene rings is 2. The molecule has 166 valence electrons. The predicted molar refractivity (Wildman–Crippen MR) is 138 cm³/mol. The lowest BCUT2D eigenvalue weighted by atomic mass is 9.78. The number of hydrogen-bond donors (Lipinski definition) is 0. The molecule has 0 saturated heterocycles. The Morgan fingerprint density at radius 1 is 0.818 bits per heavy atom. The highest BCUT2D eigenvalue weighted by atomic mass is 16.3. The molecule has 0 fully saturated rings. The molecule has 2 aromatic carbocycles. The standard InChI is InChI=1S/C30H30N2O/c1-6-30(5,7-2)21-16-17-31-26(18-21)24-13-9-12-22-23-14-15-25(32-29(23)33-28(22)24)27-19(3)10-8-11-20(27)4/h8-18H,6-7H2,1-5H3. The van der Waals surface area contributed by atoms with Gasteiger partial charge in [-0.1, -0.05) is 51.1 Å². The van der Waals surface area contributed by atoms with E-state index >= 15 is 0 Å². The molecule has 0 atom stereocenters. The minimum absolute atomic E-state index is 0.140. The van der Waals surface area contributed by atoms with Crippen LogP contribution in [0, 0.1) is 13.8 Å². The van der Waals surface area contributed by atoms with Gasteiger partial charge in [-0.15, -0.1) is 0 Å². The number of pyridine rings is 2. The quantitative estimate of drug-likeness (QED) is 0.279. The maximum Gasteiger partial charge on any atom is 0.227 e. The molecule has 0 aliphatic heterocycles. The molecule has 0 amide bonds. The van der Waals surface area contributed by atoms with Gasteiger partial charge in [0, 0.05) is 28.1 Å². The summed E-state index contributed by atoms with van der Waals surface area (Å²) in [6.45, 7) is 11.1. The fourth-order valence-electron chi connectivity index (χ4n) is 4.85. The summed E-state index contributed by atoms with van der Waals surface area (Å²) in [5, 5.41) is 2.11. The van der Waals surface area contributed by atoms with E-state index in [1.165, 1.54) is 22.3 Å². The van der Waals surface area contributed by atoms with E-state index in [4.69, 9.17) is 14.4 Å². The normalized spacial score (nSPS) is 12.0. The van der Waals surface area contributed by atoms with Crippen molar-refractivity contribution >= 4 is 22.1 Å². The lowest BCUT2D eigenvalue weighted by Gasteiger charge is -2.27. The van der Waals surface area contributed by atoms with Crippen molar-refractivity contribution in [3.05, 3.63) is 83.6 Å². The predicted octanol–water partition coefficient (Wildman–Crippen LogP) is 8.40. The Hall–Kier alpha value is -3.46. The molecule has 0 radical (unpaired) electrons. The van der Waals surface area contributed by atoms with Gasteiger partial charge in [0.15, 0.2) is 0 Å². The first-order valence-electron chi connectivity index (χ1n) is 11.8. The third kappa shape index (κ3) is 3.52. The van der Waals surface area contributed by atoms with Gasteiger partial charge in [0.1, 0.15) is 5.58 Å². The van der Waals surface area contributed by atoms with Gasteiger partial charge in [-0.2, -0.15) is 0 Å². The van der Waals surface area contributed by atoms with Gasteiger partial charge >= 0.3 is 0 Å². The van der Waals surface area contributed by atoms with Crippen molar-refractivity contribution in [2.45, 2.75) is 52.9 Å². The Bertz CT molecular complexity index is 1450. The molecule has 5 aromatic rings. The number of aromatic nitrogens is 2. The number of hydrogen-bond acceptors (Lipinski definition) is 3. The molecule has 0 saturated carbocycles. The first kappa shape index (κ1) is 21.4. The van der Waals surface area contributed by atoms with E-state index in [2.05, 4.69) is 95.3 Å². The van der Waals surface area contributed by atoms with Crippen LogP contribution in [0.1, 0.15) is 50.3 Å². The van der Waals surface area contributed by atoms with Crippen LogP contribution in [0.15, 0.2) is 71.3 Å². The lowest BCUT2D eigenvalue weighted by Crippen LogP contribution is -2.19. The summed E-state index contributed by atoms with van der Waals surface area (Å²) >= 11 is 0. The molecule has 3 aromatic heterocycles. The van der Waals surface area contributed by atoms with Crippen LogP contribution < -0.4 is 0 Å². The number of fused-ring (bicyclic) bond motifs is 3. The second-order valence-electron chi connectivity index (χ2n) is 9.30. The highest BCUT2D eigenvalue weighted by Gasteiger charge is 2.23. The molecule has 0 aliphatic carbocycles. The van der Waals surface area contributed by atoms with E-state index in [0.717, 1.165) is 46.1 Å². The number of para-hydroxylation sites is 1. The third-order valence-corrected chi connectivity index (χ3v) is 7.39. The Morgan fingerprint density at radius 3 is 2.27 bits per heavy atom. The fourth-order valence-corrected chi connectivity index (χ4v) is 4.85. The van der Waals surface area contributed by atoms with E-state index in [1.54, 1.807) is 0 Å². The van der Waals surface area contributed by atoms with Gasteiger partial charge in [0.2, 0.25) is 5.71 Å². The van der Waals surface area contributed by atoms with E-state index < -0.39 is 0 Å². The van der Waals surface area contributed by atoms with Crippen molar-refractivity contribution in [3.8, 4) is 22.5 Å². The van der Waals surface area contributed by atoms with Crippen molar-refractivity contribution in [1.29, 1.82) is 0 Å². The van der Waals surface area contributed by atoms with Gasteiger partial charge in [0.05, 0.1) is 11.4 Å². The Morgan fingerprint density at radius 2 is 1.55 bits per heavy atom. The molecule has 0 spiro atoms. The summed E-state index contributed by atoms with van der Waals surface area (Å²) in [6, 6.07) is 21.2.